The third kappa shape index (κ3) is 5.60. The Morgan fingerprint density at radius 2 is 2.24 bits per heavy atom. The molecule has 0 saturated heterocycles. The van der Waals surface area contributed by atoms with Gasteiger partial charge in [0.1, 0.15) is 5.15 Å². The minimum absolute atomic E-state index is 0.176. The summed E-state index contributed by atoms with van der Waals surface area (Å²) in [6.45, 7) is 1.49. The molecule has 6 heteroatoms. The molecule has 17 heavy (non-hydrogen) atoms. The van der Waals surface area contributed by atoms with Crippen LogP contribution in [0.4, 0.5) is 0 Å². The summed E-state index contributed by atoms with van der Waals surface area (Å²) >= 11 is 5.64. The molecule has 0 atom stereocenters. The molecule has 0 radical (unpaired) electrons. The number of carbonyl (C=O) groups is 1. The molecule has 94 valence electrons. The molecular formula is C11H16ClN3O2. The van der Waals surface area contributed by atoms with E-state index < -0.39 is 0 Å². The van der Waals surface area contributed by atoms with Crippen LogP contribution in [0.5, 0.6) is 0 Å². The summed E-state index contributed by atoms with van der Waals surface area (Å²) in [6, 6.07) is 0. The van der Waals surface area contributed by atoms with E-state index in [1.54, 1.807) is 6.20 Å². The van der Waals surface area contributed by atoms with Gasteiger partial charge in [0.15, 0.2) is 0 Å². The monoisotopic (exact) mass is 257 g/mol. The highest BCUT2D eigenvalue weighted by Crippen LogP contribution is 2.04. The van der Waals surface area contributed by atoms with Gasteiger partial charge in [-0.1, -0.05) is 11.6 Å². The van der Waals surface area contributed by atoms with Gasteiger partial charge in [-0.25, -0.2) is 4.98 Å². The second kappa shape index (κ2) is 7.19. The van der Waals surface area contributed by atoms with Gasteiger partial charge in [-0.15, -0.1) is 0 Å². The van der Waals surface area contributed by atoms with Crippen molar-refractivity contribution in [3.8, 4) is 0 Å². The summed E-state index contributed by atoms with van der Waals surface area (Å²) in [6.07, 6.45) is 4.38. The molecule has 0 saturated carbocycles. The summed E-state index contributed by atoms with van der Waals surface area (Å²) < 4.78 is 4.57. The highest BCUT2D eigenvalue weighted by Gasteiger charge is 2.04. The van der Waals surface area contributed by atoms with E-state index in [-0.39, 0.29) is 5.97 Å². The third-order valence-electron chi connectivity index (χ3n) is 2.25. The zero-order chi connectivity index (χ0) is 12.7. The van der Waals surface area contributed by atoms with E-state index in [0.717, 1.165) is 18.7 Å². The lowest BCUT2D eigenvalue weighted by Gasteiger charge is -2.15. The van der Waals surface area contributed by atoms with Crippen LogP contribution in [-0.4, -0.2) is 41.5 Å². The van der Waals surface area contributed by atoms with E-state index in [9.17, 15) is 4.79 Å². The SMILES string of the molecule is COC(=O)CCCN(C)Cc1cnc(Cl)cn1. The van der Waals surface area contributed by atoms with E-state index in [0.29, 0.717) is 18.1 Å². The first-order chi connectivity index (χ1) is 8.11. The van der Waals surface area contributed by atoms with Crippen molar-refractivity contribution in [3.05, 3.63) is 23.2 Å². The van der Waals surface area contributed by atoms with Crippen molar-refractivity contribution in [2.24, 2.45) is 0 Å². The predicted octanol–water partition coefficient (Wildman–Crippen LogP) is 1.51. The Bertz CT molecular complexity index is 356. The highest BCUT2D eigenvalue weighted by molar-refractivity contribution is 6.29. The van der Waals surface area contributed by atoms with Crippen LogP contribution in [-0.2, 0) is 16.1 Å². The first-order valence-corrected chi connectivity index (χ1v) is 5.71. The summed E-state index contributed by atoms with van der Waals surface area (Å²) in [5, 5.41) is 0.391. The Morgan fingerprint density at radius 1 is 1.47 bits per heavy atom. The first-order valence-electron chi connectivity index (χ1n) is 5.33. The second-order valence-corrected chi connectivity index (χ2v) is 4.14. The van der Waals surface area contributed by atoms with Gasteiger partial charge in [-0.3, -0.25) is 9.78 Å². The number of halogens is 1. The minimum atomic E-state index is -0.176. The summed E-state index contributed by atoms with van der Waals surface area (Å²) in [5.74, 6) is -0.176. The number of ether oxygens (including phenoxy) is 1. The van der Waals surface area contributed by atoms with Crippen LogP contribution in [0.3, 0.4) is 0 Å². The summed E-state index contributed by atoms with van der Waals surface area (Å²) in [7, 11) is 3.36. The van der Waals surface area contributed by atoms with Gasteiger partial charge in [0.25, 0.3) is 0 Å². The van der Waals surface area contributed by atoms with Gasteiger partial charge in [-0.05, 0) is 20.0 Å². The molecule has 0 amide bonds. The van der Waals surface area contributed by atoms with Crippen molar-refractivity contribution < 1.29 is 9.53 Å². The molecule has 1 aromatic heterocycles. The predicted molar refractivity (Wildman–Crippen MR) is 64.6 cm³/mol. The van der Waals surface area contributed by atoms with E-state index in [2.05, 4.69) is 19.6 Å². The van der Waals surface area contributed by atoms with Crippen LogP contribution in [0, 0.1) is 0 Å². The fraction of sp³-hybridized carbons (Fsp3) is 0.545. The smallest absolute Gasteiger partial charge is 0.305 e. The molecule has 0 unspecified atom stereocenters. The highest BCUT2D eigenvalue weighted by atomic mass is 35.5. The van der Waals surface area contributed by atoms with E-state index >= 15 is 0 Å². The van der Waals surface area contributed by atoms with Crippen molar-refractivity contribution in [2.45, 2.75) is 19.4 Å². The molecule has 0 N–H and O–H groups in total. The molecule has 1 heterocycles. The van der Waals surface area contributed by atoms with Crippen molar-refractivity contribution in [1.82, 2.24) is 14.9 Å². The Kier molecular flexibility index (Phi) is 5.86. The average Bonchev–Trinajstić information content (AvgIpc) is 2.32. The van der Waals surface area contributed by atoms with Crippen molar-refractivity contribution in [1.29, 1.82) is 0 Å². The summed E-state index contributed by atoms with van der Waals surface area (Å²) in [5.41, 5.74) is 0.856. The topological polar surface area (TPSA) is 55.3 Å². The Balaban J connectivity index is 2.27. The number of nitrogens with zero attached hydrogens (tertiary/aromatic N) is 3. The number of esters is 1. The number of hydrogen-bond donors (Lipinski definition) is 0. The van der Waals surface area contributed by atoms with Gasteiger partial charge < -0.3 is 9.64 Å². The molecule has 0 aromatic carbocycles. The molecule has 0 spiro atoms. The van der Waals surface area contributed by atoms with Crippen LogP contribution in [0.25, 0.3) is 0 Å². The van der Waals surface area contributed by atoms with Gasteiger partial charge in [0.05, 0.1) is 25.2 Å². The van der Waals surface area contributed by atoms with Crippen LogP contribution >= 0.6 is 11.6 Å². The Labute approximate surface area is 106 Å². The van der Waals surface area contributed by atoms with Crippen molar-refractivity contribution in [3.63, 3.8) is 0 Å². The maximum atomic E-state index is 10.9. The third-order valence-corrected chi connectivity index (χ3v) is 2.45. The number of rotatable bonds is 6. The molecule has 1 rings (SSSR count). The lowest BCUT2D eigenvalue weighted by Crippen LogP contribution is -2.20. The van der Waals surface area contributed by atoms with Gasteiger partial charge in [-0.2, -0.15) is 0 Å². The second-order valence-electron chi connectivity index (χ2n) is 3.75. The first kappa shape index (κ1) is 13.9. The zero-order valence-corrected chi connectivity index (χ0v) is 10.8. The van der Waals surface area contributed by atoms with Crippen LogP contribution in [0.15, 0.2) is 12.4 Å². The molecule has 1 aromatic rings. The van der Waals surface area contributed by atoms with Gasteiger partial charge in [0.2, 0.25) is 0 Å². The number of hydrogen-bond acceptors (Lipinski definition) is 5. The molecule has 0 aliphatic rings. The Hall–Kier alpha value is -1.20. The van der Waals surface area contributed by atoms with E-state index in [1.807, 2.05) is 7.05 Å². The van der Waals surface area contributed by atoms with Gasteiger partial charge in [0, 0.05) is 13.0 Å². The molecule has 5 nitrogen and oxygen atoms in total. The fourth-order valence-corrected chi connectivity index (χ4v) is 1.47. The molecule has 0 bridgehead atoms. The Morgan fingerprint density at radius 3 is 2.82 bits per heavy atom. The normalized spacial score (nSPS) is 10.6. The molecule has 0 aliphatic carbocycles. The maximum Gasteiger partial charge on any atom is 0.305 e. The minimum Gasteiger partial charge on any atom is -0.469 e. The largest absolute Gasteiger partial charge is 0.469 e. The number of aromatic nitrogens is 2. The van der Waals surface area contributed by atoms with Crippen LogP contribution in [0.1, 0.15) is 18.5 Å². The number of carbonyl (C=O) groups excluding carboxylic acids is 1. The summed E-state index contributed by atoms with van der Waals surface area (Å²) in [4.78, 5) is 21.1. The van der Waals surface area contributed by atoms with Crippen LogP contribution in [0.2, 0.25) is 5.15 Å². The quantitative estimate of drug-likeness (QED) is 0.723. The van der Waals surface area contributed by atoms with E-state index in [4.69, 9.17) is 11.6 Å². The van der Waals surface area contributed by atoms with Crippen molar-refractivity contribution in [2.75, 3.05) is 20.7 Å². The fourth-order valence-electron chi connectivity index (χ4n) is 1.37. The van der Waals surface area contributed by atoms with Gasteiger partial charge >= 0.3 is 5.97 Å². The van der Waals surface area contributed by atoms with E-state index in [1.165, 1.54) is 13.3 Å². The maximum absolute atomic E-state index is 10.9. The average molecular weight is 258 g/mol. The zero-order valence-electron chi connectivity index (χ0n) is 10.0. The van der Waals surface area contributed by atoms with Crippen molar-refractivity contribution >= 4 is 17.6 Å². The number of methoxy groups -OCH3 is 1. The van der Waals surface area contributed by atoms with Crippen LogP contribution < -0.4 is 0 Å². The lowest BCUT2D eigenvalue weighted by atomic mass is 10.3. The standard InChI is InChI=1S/C11H16ClN3O2/c1-15(5-3-4-11(16)17-2)8-9-6-14-10(12)7-13-9/h6-7H,3-5,8H2,1-2H3. The lowest BCUT2D eigenvalue weighted by molar-refractivity contribution is -0.140. The molecule has 0 aliphatic heterocycles. The molecule has 0 fully saturated rings. The molecular weight excluding hydrogens is 242 g/mol.